The predicted molar refractivity (Wildman–Crippen MR) is 85.7 cm³/mol. The third-order valence-corrected chi connectivity index (χ3v) is 4.89. The van der Waals surface area contributed by atoms with Gasteiger partial charge >= 0.3 is 0 Å². The first-order valence-electron chi connectivity index (χ1n) is 8.27. The van der Waals surface area contributed by atoms with Gasteiger partial charge in [-0.05, 0) is 30.9 Å². The van der Waals surface area contributed by atoms with Crippen molar-refractivity contribution in [2.45, 2.75) is 25.0 Å². The number of carbonyl (C=O) groups excluding carboxylic acids is 1. The number of hydrogen-bond donors (Lipinski definition) is 1. The van der Waals surface area contributed by atoms with Crippen molar-refractivity contribution in [2.24, 2.45) is 5.92 Å². The zero-order valence-electron chi connectivity index (χ0n) is 13.3. The molecule has 1 unspecified atom stereocenters. The number of carbonyl (C=O) groups is 1. The van der Waals surface area contributed by atoms with Gasteiger partial charge in [0.2, 0.25) is 0 Å². The second-order valence-electron chi connectivity index (χ2n) is 6.38. The number of fused-ring (bicyclic) bond motifs is 1. The first-order valence-corrected chi connectivity index (χ1v) is 8.27. The van der Waals surface area contributed by atoms with Crippen LogP contribution in [0.5, 0.6) is 0 Å². The lowest BCUT2D eigenvalue weighted by Gasteiger charge is -2.37. The smallest absolute Gasteiger partial charge is 0.276 e. The van der Waals surface area contributed by atoms with E-state index >= 15 is 0 Å². The maximum absolute atomic E-state index is 12.9. The number of rotatable bonds is 3. The minimum absolute atomic E-state index is 0.0176. The van der Waals surface area contributed by atoms with Crippen LogP contribution in [0.3, 0.4) is 0 Å². The van der Waals surface area contributed by atoms with Gasteiger partial charge in [-0.15, -0.1) is 5.10 Å². The summed E-state index contributed by atoms with van der Waals surface area (Å²) in [5.74, 6) is 0.0856. The quantitative estimate of drug-likeness (QED) is 0.905. The van der Waals surface area contributed by atoms with Crippen LogP contribution in [0.1, 0.15) is 23.3 Å². The number of benzene rings is 1. The van der Waals surface area contributed by atoms with Gasteiger partial charge in [-0.3, -0.25) is 4.79 Å². The molecule has 1 aromatic carbocycles. The molecule has 0 spiro atoms. The number of nitrogens with zero attached hydrogens (tertiary/aromatic N) is 4. The minimum atomic E-state index is -0.117. The Bertz CT molecular complexity index is 718. The minimum Gasteiger partial charge on any atom is -0.396 e. The molecule has 2 heterocycles. The SMILES string of the molecule is O=C(c1cn(-c2ccccc2)nn1)N1CCOC2C[C@H](CO)C[C@@H]21. The molecule has 1 saturated carbocycles. The highest BCUT2D eigenvalue weighted by Crippen LogP contribution is 2.34. The van der Waals surface area contributed by atoms with Crippen LogP contribution in [-0.2, 0) is 4.74 Å². The molecule has 0 radical (unpaired) electrons. The van der Waals surface area contributed by atoms with E-state index in [2.05, 4.69) is 10.3 Å². The Morgan fingerprint density at radius 3 is 2.92 bits per heavy atom. The Hall–Kier alpha value is -2.25. The average Bonchev–Trinajstić information content (AvgIpc) is 3.28. The summed E-state index contributed by atoms with van der Waals surface area (Å²) in [7, 11) is 0. The van der Waals surface area contributed by atoms with Gasteiger partial charge in [0, 0.05) is 13.2 Å². The normalized spacial score (nSPS) is 26.4. The second-order valence-corrected chi connectivity index (χ2v) is 6.38. The van der Waals surface area contributed by atoms with Gasteiger partial charge in [-0.25, -0.2) is 4.68 Å². The van der Waals surface area contributed by atoms with Gasteiger partial charge in [0.1, 0.15) is 0 Å². The van der Waals surface area contributed by atoms with Gasteiger partial charge < -0.3 is 14.7 Å². The van der Waals surface area contributed by atoms with Crippen LogP contribution in [0.15, 0.2) is 36.5 Å². The molecule has 1 aromatic heterocycles. The van der Waals surface area contributed by atoms with Crippen LogP contribution in [0.2, 0.25) is 0 Å². The van der Waals surface area contributed by atoms with Gasteiger partial charge in [-0.1, -0.05) is 23.4 Å². The van der Waals surface area contributed by atoms with E-state index in [0.717, 1.165) is 18.5 Å². The van der Waals surface area contributed by atoms with Crippen molar-refractivity contribution >= 4 is 5.91 Å². The fraction of sp³-hybridized carbons (Fsp3) is 0.471. The lowest BCUT2D eigenvalue weighted by molar-refractivity contribution is -0.0450. The molecule has 2 aromatic rings. The summed E-state index contributed by atoms with van der Waals surface area (Å²) < 4.78 is 7.39. The van der Waals surface area contributed by atoms with Crippen molar-refractivity contribution < 1.29 is 14.6 Å². The van der Waals surface area contributed by atoms with Gasteiger partial charge in [0.25, 0.3) is 5.91 Å². The highest BCUT2D eigenvalue weighted by Gasteiger charge is 2.43. The molecule has 1 aliphatic carbocycles. The fourth-order valence-electron chi connectivity index (χ4n) is 3.67. The largest absolute Gasteiger partial charge is 0.396 e. The fourth-order valence-corrected chi connectivity index (χ4v) is 3.67. The average molecular weight is 328 g/mol. The maximum atomic E-state index is 12.9. The standard InChI is InChI=1S/C17H20N4O3/c22-11-12-8-15-16(9-12)24-7-6-20(15)17(23)14-10-21(19-18-14)13-4-2-1-3-5-13/h1-5,10,12,15-16,22H,6-9,11H2/t12-,15+,16?/m1/s1. The van der Waals surface area contributed by atoms with Crippen LogP contribution in [0.4, 0.5) is 0 Å². The lowest BCUT2D eigenvalue weighted by atomic mass is 10.1. The summed E-state index contributed by atoms with van der Waals surface area (Å²) >= 11 is 0. The molecule has 24 heavy (non-hydrogen) atoms. The molecular weight excluding hydrogens is 308 g/mol. The first kappa shape index (κ1) is 15.3. The van der Waals surface area contributed by atoms with E-state index in [0.29, 0.717) is 18.8 Å². The van der Waals surface area contributed by atoms with Crippen LogP contribution in [0.25, 0.3) is 5.69 Å². The molecule has 2 fully saturated rings. The first-order chi connectivity index (χ1) is 11.8. The summed E-state index contributed by atoms with van der Waals surface area (Å²) in [4.78, 5) is 14.7. The molecule has 1 saturated heterocycles. The molecule has 126 valence electrons. The Morgan fingerprint density at radius 1 is 1.29 bits per heavy atom. The van der Waals surface area contributed by atoms with E-state index in [-0.39, 0.29) is 30.6 Å². The van der Waals surface area contributed by atoms with Gasteiger partial charge in [-0.2, -0.15) is 0 Å². The maximum Gasteiger partial charge on any atom is 0.276 e. The number of amides is 1. The zero-order chi connectivity index (χ0) is 16.5. The molecule has 1 aliphatic heterocycles. The molecule has 7 nitrogen and oxygen atoms in total. The molecule has 1 N–H and O–H groups in total. The van der Waals surface area contributed by atoms with Crippen LogP contribution in [-0.4, -0.2) is 62.8 Å². The Morgan fingerprint density at radius 2 is 2.12 bits per heavy atom. The predicted octanol–water partition coefficient (Wildman–Crippen LogP) is 0.879. The van der Waals surface area contributed by atoms with Crippen molar-refractivity contribution in [3.8, 4) is 5.69 Å². The summed E-state index contributed by atoms with van der Waals surface area (Å²) in [6, 6.07) is 9.60. The number of para-hydroxylation sites is 1. The van der Waals surface area contributed by atoms with E-state index in [1.807, 2.05) is 35.2 Å². The van der Waals surface area contributed by atoms with E-state index < -0.39 is 0 Å². The zero-order valence-corrected chi connectivity index (χ0v) is 13.3. The van der Waals surface area contributed by atoms with Crippen molar-refractivity contribution in [1.29, 1.82) is 0 Å². The molecule has 4 rings (SSSR count). The van der Waals surface area contributed by atoms with Crippen LogP contribution < -0.4 is 0 Å². The third kappa shape index (κ3) is 2.70. The van der Waals surface area contributed by atoms with Crippen LogP contribution >= 0.6 is 0 Å². The molecule has 0 bridgehead atoms. The molecule has 7 heteroatoms. The summed E-state index contributed by atoms with van der Waals surface area (Å²) in [5.41, 5.74) is 1.21. The molecule has 3 atom stereocenters. The Kier molecular flexibility index (Phi) is 4.03. The van der Waals surface area contributed by atoms with Crippen molar-refractivity contribution in [1.82, 2.24) is 19.9 Å². The summed E-state index contributed by atoms with van der Waals surface area (Å²) in [6.07, 6.45) is 3.27. The van der Waals surface area contributed by atoms with Gasteiger partial charge in [0.05, 0.1) is 30.6 Å². The number of morpholine rings is 1. The lowest BCUT2D eigenvalue weighted by Crippen LogP contribution is -2.51. The van der Waals surface area contributed by atoms with Crippen LogP contribution in [0, 0.1) is 5.92 Å². The van der Waals surface area contributed by atoms with E-state index in [1.54, 1.807) is 10.9 Å². The van der Waals surface area contributed by atoms with Crippen molar-refractivity contribution in [3.63, 3.8) is 0 Å². The Balaban J connectivity index is 1.54. The summed E-state index contributed by atoms with van der Waals surface area (Å²) in [6.45, 7) is 1.22. The number of hydrogen-bond acceptors (Lipinski definition) is 5. The number of aliphatic hydroxyl groups is 1. The third-order valence-electron chi connectivity index (χ3n) is 4.89. The second kappa shape index (κ2) is 6.33. The van der Waals surface area contributed by atoms with E-state index in [1.165, 1.54) is 0 Å². The topological polar surface area (TPSA) is 80.5 Å². The van der Waals surface area contributed by atoms with E-state index in [9.17, 15) is 9.90 Å². The van der Waals surface area contributed by atoms with Crippen molar-refractivity contribution in [3.05, 3.63) is 42.2 Å². The number of aromatic nitrogens is 3. The number of ether oxygens (including phenoxy) is 1. The molecular formula is C17H20N4O3. The highest BCUT2D eigenvalue weighted by atomic mass is 16.5. The van der Waals surface area contributed by atoms with Gasteiger partial charge in [0.15, 0.2) is 5.69 Å². The monoisotopic (exact) mass is 328 g/mol. The van der Waals surface area contributed by atoms with Crippen molar-refractivity contribution in [2.75, 3.05) is 19.8 Å². The molecule has 1 amide bonds. The number of aliphatic hydroxyl groups excluding tert-OH is 1. The highest BCUT2D eigenvalue weighted by molar-refractivity contribution is 5.92. The Labute approximate surface area is 139 Å². The summed E-state index contributed by atoms with van der Waals surface area (Å²) in [5, 5.41) is 17.5. The van der Waals surface area contributed by atoms with E-state index in [4.69, 9.17) is 4.74 Å². The molecule has 2 aliphatic rings.